The third-order valence-corrected chi connectivity index (χ3v) is 10.8. The highest BCUT2D eigenvalue weighted by Gasteiger charge is 2.52. The maximum absolute atomic E-state index is 13.3. The number of hydrogen-bond donors (Lipinski definition) is 6. The molecule has 19 heteroatoms. The predicted octanol–water partition coefficient (Wildman–Crippen LogP) is 2.03. The number of methoxy groups -OCH3 is 1. The Morgan fingerprint density at radius 1 is 0.932 bits per heavy atom. The maximum atomic E-state index is 13.3. The van der Waals surface area contributed by atoms with Crippen molar-refractivity contribution in [3.63, 3.8) is 0 Å². The van der Waals surface area contributed by atoms with Gasteiger partial charge in [0.25, 0.3) is 17.7 Å². The van der Waals surface area contributed by atoms with Crippen molar-refractivity contribution in [2.24, 2.45) is 5.73 Å². The van der Waals surface area contributed by atoms with E-state index >= 15 is 0 Å². The van der Waals surface area contributed by atoms with Gasteiger partial charge in [0.15, 0.2) is 17.3 Å². The van der Waals surface area contributed by atoms with Crippen LogP contribution >= 0.6 is 0 Å². The van der Waals surface area contributed by atoms with Gasteiger partial charge in [-0.3, -0.25) is 43.7 Å². The van der Waals surface area contributed by atoms with E-state index in [1.807, 2.05) is 12.1 Å². The summed E-state index contributed by atoms with van der Waals surface area (Å²) in [7, 11) is 3.02. The zero-order chi connectivity index (χ0) is 41.7. The summed E-state index contributed by atoms with van der Waals surface area (Å²) in [6, 6.07) is 11.1. The van der Waals surface area contributed by atoms with Crippen LogP contribution in [0.2, 0.25) is 0 Å². The SMILES string of the molecule is CNC(=O)c1nnc(C2(C(N)=O)CC2)cc1Nc1cccc(-c2ncn(CCNCCCCCCNc3cccc4c3C(=O)N(C3CCC(=O)NC3=O)C4=O)n2)c1OC. The molecule has 1 unspecified atom stereocenters. The van der Waals surface area contributed by atoms with Gasteiger partial charge in [-0.1, -0.05) is 25.0 Å². The summed E-state index contributed by atoms with van der Waals surface area (Å²) in [6.45, 7) is 2.69. The number of nitrogens with one attached hydrogen (secondary N) is 5. The second-order valence-electron chi connectivity index (χ2n) is 14.6. The van der Waals surface area contributed by atoms with Crippen LogP contribution in [-0.2, 0) is 26.3 Å². The number of carbonyl (C=O) groups excluding carboxylic acids is 6. The minimum atomic E-state index is -1.00. The summed E-state index contributed by atoms with van der Waals surface area (Å²) in [5.41, 5.74) is 7.78. The molecule has 2 aromatic heterocycles. The average Bonchev–Trinajstić information content (AvgIpc) is 3.86. The summed E-state index contributed by atoms with van der Waals surface area (Å²) in [5.74, 6) is -2.14. The number of hydrogen-bond acceptors (Lipinski definition) is 14. The number of fused-ring (bicyclic) bond motifs is 1. The van der Waals surface area contributed by atoms with Crippen LogP contribution in [-0.4, -0.2) is 105 Å². The Kier molecular flexibility index (Phi) is 11.9. The fourth-order valence-corrected chi connectivity index (χ4v) is 7.40. The van der Waals surface area contributed by atoms with Gasteiger partial charge in [-0.25, -0.2) is 4.98 Å². The van der Waals surface area contributed by atoms with E-state index in [0.29, 0.717) is 72.4 Å². The standard InChI is InChI=1S/C40H46N12O7/c1-42-36(55)32-27(21-29(48-49-32)40(15-16-40)39(41)58)46-26-12-8-10-24(33(26)59-2)34-45-22-51(50-34)20-19-43-17-5-3-4-6-18-44-25-11-7-9-23-31(25)38(57)52(37(23)56)28-13-14-30(53)47-35(28)54/h7-12,21-22,28,43-44H,3-6,13-20H2,1-2H3,(H2,41,58)(H,42,55)(H,46,48)(H,47,53,54). The zero-order valence-corrected chi connectivity index (χ0v) is 32.8. The number of carbonyl (C=O) groups is 6. The fourth-order valence-electron chi connectivity index (χ4n) is 7.40. The highest BCUT2D eigenvalue weighted by Crippen LogP contribution is 2.48. The summed E-state index contributed by atoms with van der Waals surface area (Å²) >= 11 is 0. The molecule has 2 aromatic carbocycles. The number of anilines is 3. The molecule has 4 aromatic rings. The Hall–Kier alpha value is -6.76. The number of amides is 6. The molecular formula is C40H46N12O7. The van der Waals surface area contributed by atoms with Gasteiger partial charge in [0.05, 0.1) is 52.8 Å². The summed E-state index contributed by atoms with van der Waals surface area (Å²) in [5, 5.41) is 27.7. The molecule has 59 heavy (non-hydrogen) atoms. The fraction of sp³-hybridized carbons (Fsp3) is 0.400. The molecule has 0 bridgehead atoms. The third kappa shape index (κ3) is 8.31. The number of aromatic nitrogens is 5. The van der Waals surface area contributed by atoms with Crippen LogP contribution in [0.1, 0.15) is 88.3 Å². The first-order chi connectivity index (χ1) is 28.6. The van der Waals surface area contributed by atoms with Crippen molar-refractivity contribution in [1.29, 1.82) is 0 Å². The Labute approximate surface area is 339 Å². The van der Waals surface area contributed by atoms with Crippen molar-refractivity contribution in [1.82, 2.24) is 45.8 Å². The minimum absolute atomic E-state index is 0.0444. The normalized spacial score (nSPS) is 16.7. The van der Waals surface area contributed by atoms with Crippen LogP contribution in [0.3, 0.4) is 0 Å². The Morgan fingerprint density at radius 3 is 2.39 bits per heavy atom. The maximum Gasteiger partial charge on any atom is 0.273 e. The number of primary amides is 1. The first kappa shape index (κ1) is 40.4. The van der Waals surface area contributed by atoms with Crippen molar-refractivity contribution >= 4 is 52.5 Å². The van der Waals surface area contributed by atoms with Gasteiger partial charge >= 0.3 is 0 Å². The molecule has 6 amide bonds. The highest BCUT2D eigenvalue weighted by atomic mass is 16.5. The first-order valence-electron chi connectivity index (χ1n) is 19.6. The number of nitrogens with two attached hydrogens (primary N) is 1. The van der Waals surface area contributed by atoms with Crippen LogP contribution in [0.5, 0.6) is 5.75 Å². The van der Waals surface area contributed by atoms with E-state index < -0.39 is 46.9 Å². The van der Waals surface area contributed by atoms with E-state index in [0.717, 1.165) is 37.1 Å². The van der Waals surface area contributed by atoms with Crippen molar-refractivity contribution < 1.29 is 33.5 Å². The monoisotopic (exact) mass is 806 g/mol. The van der Waals surface area contributed by atoms with Crippen molar-refractivity contribution in [3.05, 3.63) is 71.3 Å². The number of piperidine rings is 1. The van der Waals surface area contributed by atoms with E-state index in [1.165, 1.54) is 14.2 Å². The molecule has 4 heterocycles. The highest BCUT2D eigenvalue weighted by molar-refractivity contribution is 6.25. The molecule has 7 rings (SSSR count). The number of rotatable bonds is 19. The molecule has 19 nitrogen and oxygen atoms in total. The van der Waals surface area contributed by atoms with E-state index in [1.54, 1.807) is 41.3 Å². The van der Waals surface area contributed by atoms with Gasteiger partial charge in [0.2, 0.25) is 17.7 Å². The van der Waals surface area contributed by atoms with Gasteiger partial charge in [0.1, 0.15) is 12.4 Å². The Balaban J connectivity index is 0.859. The molecule has 2 aliphatic heterocycles. The van der Waals surface area contributed by atoms with Crippen LogP contribution in [0.15, 0.2) is 48.8 Å². The van der Waals surface area contributed by atoms with E-state index in [4.69, 9.17) is 10.5 Å². The lowest BCUT2D eigenvalue weighted by atomic mass is 10.0. The molecule has 2 fully saturated rings. The molecule has 0 spiro atoms. The molecule has 1 saturated heterocycles. The van der Waals surface area contributed by atoms with Crippen LogP contribution < -0.4 is 37.1 Å². The van der Waals surface area contributed by atoms with Gasteiger partial charge in [-0.2, -0.15) is 10.2 Å². The number of benzene rings is 2. The molecule has 1 aliphatic carbocycles. The van der Waals surface area contributed by atoms with E-state index in [2.05, 4.69) is 46.9 Å². The predicted molar refractivity (Wildman–Crippen MR) is 214 cm³/mol. The summed E-state index contributed by atoms with van der Waals surface area (Å²) in [4.78, 5) is 80.8. The lowest BCUT2D eigenvalue weighted by Gasteiger charge is -2.27. The molecule has 7 N–H and O–H groups in total. The lowest BCUT2D eigenvalue weighted by molar-refractivity contribution is -0.136. The number of ether oxygens (including phenoxy) is 1. The van der Waals surface area contributed by atoms with Gasteiger partial charge in [-0.15, -0.1) is 5.10 Å². The van der Waals surface area contributed by atoms with Gasteiger partial charge < -0.3 is 31.7 Å². The van der Waals surface area contributed by atoms with Crippen LogP contribution in [0, 0.1) is 0 Å². The van der Waals surface area contributed by atoms with Crippen LogP contribution in [0.25, 0.3) is 11.4 Å². The van der Waals surface area contributed by atoms with Crippen molar-refractivity contribution in [2.45, 2.75) is 69.4 Å². The number of imide groups is 2. The minimum Gasteiger partial charge on any atom is -0.494 e. The number of para-hydroxylation sites is 1. The second kappa shape index (κ2) is 17.4. The van der Waals surface area contributed by atoms with Gasteiger partial charge in [0, 0.05) is 32.2 Å². The van der Waals surface area contributed by atoms with Crippen molar-refractivity contribution in [3.8, 4) is 17.1 Å². The summed E-state index contributed by atoms with van der Waals surface area (Å²) < 4.78 is 7.55. The summed E-state index contributed by atoms with van der Waals surface area (Å²) in [6.07, 6.45) is 6.73. The largest absolute Gasteiger partial charge is 0.494 e. The quantitative estimate of drug-likeness (QED) is 0.0586. The van der Waals surface area contributed by atoms with Crippen molar-refractivity contribution in [2.75, 3.05) is 44.4 Å². The average molecular weight is 807 g/mol. The molecule has 0 radical (unpaired) electrons. The second-order valence-corrected chi connectivity index (χ2v) is 14.6. The molecule has 308 valence electrons. The number of unbranched alkanes of at least 4 members (excludes halogenated alkanes) is 3. The molecule has 1 saturated carbocycles. The zero-order valence-electron chi connectivity index (χ0n) is 32.8. The topological polar surface area (TPSA) is 258 Å². The Bertz CT molecular complexity index is 2310. The van der Waals surface area contributed by atoms with E-state index in [-0.39, 0.29) is 29.7 Å². The number of nitrogens with zero attached hydrogens (tertiary/aromatic N) is 6. The Morgan fingerprint density at radius 2 is 1.68 bits per heavy atom. The molecule has 1 atom stereocenters. The molecular weight excluding hydrogens is 761 g/mol. The van der Waals surface area contributed by atoms with E-state index in [9.17, 15) is 28.8 Å². The third-order valence-electron chi connectivity index (χ3n) is 10.8. The smallest absolute Gasteiger partial charge is 0.273 e. The van der Waals surface area contributed by atoms with Crippen LogP contribution in [0.4, 0.5) is 17.1 Å². The lowest BCUT2D eigenvalue weighted by Crippen LogP contribution is -2.54. The molecule has 3 aliphatic rings. The van der Waals surface area contributed by atoms with Gasteiger partial charge in [-0.05, 0) is 69.0 Å². The first-order valence-corrected chi connectivity index (χ1v) is 19.6.